The van der Waals surface area contributed by atoms with Crippen LogP contribution in [-0.2, 0) is 14.3 Å². The van der Waals surface area contributed by atoms with E-state index >= 15 is 0 Å². The quantitative estimate of drug-likeness (QED) is 0.251. The lowest BCUT2D eigenvalue weighted by molar-refractivity contribution is -0.150. The van der Waals surface area contributed by atoms with Gasteiger partial charge in [0.2, 0.25) is 0 Å². The number of rotatable bonds is 14. The molecule has 0 heterocycles. The van der Waals surface area contributed by atoms with Crippen molar-refractivity contribution >= 4 is 12.1 Å². The molecule has 0 spiro atoms. The number of unbranched alkanes of at least 4 members (excludes halogenated alkanes) is 7. The summed E-state index contributed by atoms with van der Waals surface area (Å²) < 4.78 is 10.4. The summed E-state index contributed by atoms with van der Waals surface area (Å²) in [5.41, 5.74) is 0. The van der Waals surface area contributed by atoms with Crippen molar-refractivity contribution in [3.63, 3.8) is 0 Å². The third kappa shape index (κ3) is 10.8. The zero-order chi connectivity index (χ0) is 19.1. The summed E-state index contributed by atoms with van der Waals surface area (Å²) in [6.45, 7) is 10.0. The maximum atomic E-state index is 12.3. The van der Waals surface area contributed by atoms with E-state index in [4.69, 9.17) is 9.47 Å². The van der Waals surface area contributed by atoms with Gasteiger partial charge in [0.05, 0.1) is 6.61 Å². The van der Waals surface area contributed by atoms with Crippen molar-refractivity contribution in [3.8, 4) is 0 Å². The van der Waals surface area contributed by atoms with Gasteiger partial charge >= 0.3 is 12.1 Å². The predicted octanol–water partition coefficient (Wildman–Crippen LogP) is 4.95. The van der Waals surface area contributed by atoms with Crippen LogP contribution >= 0.6 is 0 Å². The van der Waals surface area contributed by atoms with Crippen LogP contribution in [0.2, 0.25) is 0 Å². The van der Waals surface area contributed by atoms with Crippen molar-refractivity contribution in [2.75, 3.05) is 20.3 Å². The van der Waals surface area contributed by atoms with Gasteiger partial charge in [-0.15, -0.1) is 0 Å². The first-order valence-corrected chi connectivity index (χ1v) is 9.62. The van der Waals surface area contributed by atoms with Gasteiger partial charge in [-0.1, -0.05) is 78.4 Å². The smallest absolute Gasteiger partial charge is 0.410 e. The summed E-state index contributed by atoms with van der Waals surface area (Å²) in [5, 5.41) is 0. The highest BCUT2D eigenvalue weighted by Gasteiger charge is 2.31. The van der Waals surface area contributed by atoms with Gasteiger partial charge in [-0.2, -0.15) is 0 Å². The lowest BCUT2D eigenvalue weighted by atomic mass is 10.0. The number of amides is 1. The summed E-state index contributed by atoms with van der Waals surface area (Å²) in [5.74, 6) is -0.414. The minimum absolute atomic E-state index is 0.0488. The first-order valence-electron chi connectivity index (χ1n) is 9.62. The Morgan fingerprint density at radius 2 is 1.56 bits per heavy atom. The molecule has 0 aromatic rings. The minimum Gasteiger partial charge on any atom is -0.464 e. The van der Waals surface area contributed by atoms with Gasteiger partial charge in [-0.3, -0.25) is 4.90 Å². The molecular weight excluding hydrogens is 318 g/mol. The largest absolute Gasteiger partial charge is 0.464 e. The molecule has 146 valence electrons. The topological polar surface area (TPSA) is 55.8 Å². The van der Waals surface area contributed by atoms with Crippen molar-refractivity contribution in [3.05, 3.63) is 12.7 Å². The van der Waals surface area contributed by atoms with E-state index in [0.29, 0.717) is 6.61 Å². The van der Waals surface area contributed by atoms with Gasteiger partial charge < -0.3 is 9.47 Å². The molecule has 0 N–H and O–H groups in total. The van der Waals surface area contributed by atoms with E-state index in [0.717, 1.165) is 12.8 Å². The second kappa shape index (κ2) is 14.8. The van der Waals surface area contributed by atoms with Crippen LogP contribution in [0.25, 0.3) is 0 Å². The van der Waals surface area contributed by atoms with E-state index in [1.165, 1.54) is 49.5 Å². The van der Waals surface area contributed by atoms with Crippen LogP contribution in [-0.4, -0.2) is 43.3 Å². The summed E-state index contributed by atoms with van der Waals surface area (Å²) in [4.78, 5) is 25.6. The molecule has 0 saturated heterocycles. The molecule has 1 amide bonds. The molecule has 1 atom stereocenters. The number of ether oxygens (including phenoxy) is 2. The molecule has 0 rings (SSSR count). The molecule has 0 aliphatic carbocycles. The van der Waals surface area contributed by atoms with E-state index in [2.05, 4.69) is 13.5 Å². The van der Waals surface area contributed by atoms with Crippen LogP contribution in [0.4, 0.5) is 4.79 Å². The number of hydrogen-bond donors (Lipinski definition) is 0. The molecule has 0 aliphatic heterocycles. The summed E-state index contributed by atoms with van der Waals surface area (Å²) in [7, 11) is 1.56. The number of likely N-dealkylation sites (N-methyl/N-ethyl adjacent to an activating group) is 1. The van der Waals surface area contributed by atoms with E-state index < -0.39 is 12.1 Å². The van der Waals surface area contributed by atoms with Crippen molar-refractivity contribution in [2.24, 2.45) is 5.92 Å². The standard InChI is InChI=1S/C20H37NO4/c1-6-8-9-10-11-12-13-14-16-24-19(22)18(17(3)4)21(5)20(23)25-15-7-2/h7,17-18H,2,6,8-16H2,1,3-5H3. The number of carbonyl (C=O) groups excluding carboxylic acids is 2. The molecule has 0 aliphatic rings. The first-order chi connectivity index (χ1) is 12.0. The lowest BCUT2D eigenvalue weighted by Crippen LogP contribution is -2.46. The molecule has 0 aromatic heterocycles. The average Bonchev–Trinajstić information content (AvgIpc) is 2.57. The van der Waals surface area contributed by atoms with E-state index in [1.807, 2.05) is 13.8 Å². The zero-order valence-corrected chi connectivity index (χ0v) is 16.6. The Hall–Kier alpha value is -1.52. The Kier molecular flexibility index (Phi) is 13.9. The highest BCUT2D eigenvalue weighted by molar-refractivity contribution is 5.81. The van der Waals surface area contributed by atoms with Gasteiger partial charge in [0.1, 0.15) is 12.6 Å². The van der Waals surface area contributed by atoms with Crippen molar-refractivity contribution < 1.29 is 19.1 Å². The van der Waals surface area contributed by atoms with E-state index in [9.17, 15) is 9.59 Å². The Morgan fingerprint density at radius 1 is 1.00 bits per heavy atom. The summed E-state index contributed by atoms with van der Waals surface area (Å²) in [6, 6.07) is -0.633. The molecule has 1 unspecified atom stereocenters. The Bertz CT molecular complexity index is 382. The molecule has 0 saturated carbocycles. The van der Waals surface area contributed by atoms with Crippen LogP contribution in [0.1, 0.15) is 72.1 Å². The Labute approximate surface area is 153 Å². The fourth-order valence-electron chi connectivity index (χ4n) is 2.72. The van der Waals surface area contributed by atoms with E-state index in [1.54, 1.807) is 7.05 Å². The fraction of sp³-hybridized carbons (Fsp3) is 0.800. The average molecular weight is 356 g/mol. The molecule has 0 fully saturated rings. The third-order valence-electron chi connectivity index (χ3n) is 4.15. The van der Waals surface area contributed by atoms with Crippen molar-refractivity contribution in [1.82, 2.24) is 4.90 Å². The number of hydrogen-bond acceptors (Lipinski definition) is 4. The molecule has 25 heavy (non-hydrogen) atoms. The predicted molar refractivity (Wildman–Crippen MR) is 102 cm³/mol. The summed E-state index contributed by atoms with van der Waals surface area (Å²) >= 11 is 0. The summed E-state index contributed by atoms with van der Waals surface area (Å²) in [6.07, 6.45) is 10.5. The van der Waals surface area contributed by atoms with Gasteiger partial charge in [0.25, 0.3) is 0 Å². The molecule has 0 radical (unpaired) electrons. The molecular formula is C20H37NO4. The van der Waals surface area contributed by atoms with Crippen LogP contribution < -0.4 is 0 Å². The van der Waals surface area contributed by atoms with Gasteiger partial charge in [0, 0.05) is 7.05 Å². The van der Waals surface area contributed by atoms with Gasteiger partial charge in [-0.25, -0.2) is 9.59 Å². The van der Waals surface area contributed by atoms with Crippen LogP contribution in [0, 0.1) is 5.92 Å². The van der Waals surface area contributed by atoms with E-state index in [-0.39, 0.29) is 18.5 Å². The normalized spacial score (nSPS) is 11.9. The van der Waals surface area contributed by atoms with Crippen LogP contribution in [0.3, 0.4) is 0 Å². The molecule has 0 bridgehead atoms. The minimum atomic E-state index is -0.633. The monoisotopic (exact) mass is 355 g/mol. The lowest BCUT2D eigenvalue weighted by Gasteiger charge is -2.28. The molecule has 5 nitrogen and oxygen atoms in total. The zero-order valence-electron chi connectivity index (χ0n) is 16.6. The van der Waals surface area contributed by atoms with Crippen molar-refractivity contribution in [2.45, 2.75) is 78.2 Å². The van der Waals surface area contributed by atoms with Gasteiger partial charge in [0.15, 0.2) is 0 Å². The second-order valence-corrected chi connectivity index (χ2v) is 6.81. The maximum absolute atomic E-state index is 12.3. The van der Waals surface area contributed by atoms with Crippen LogP contribution in [0.15, 0.2) is 12.7 Å². The number of esters is 1. The highest BCUT2D eigenvalue weighted by atomic mass is 16.6. The highest BCUT2D eigenvalue weighted by Crippen LogP contribution is 2.14. The number of nitrogens with zero attached hydrogens (tertiary/aromatic N) is 1. The second-order valence-electron chi connectivity index (χ2n) is 6.81. The molecule has 0 aromatic carbocycles. The Balaban J connectivity index is 4.09. The third-order valence-corrected chi connectivity index (χ3v) is 4.15. The first kappa shape index (κ1) is 23.5. The Morgan fingerprint density at radius 3 is 2.08 bits per heavy atom. The maximum Gasteiger partial charge on any atom is 0.410 e. The fourth-order valence-corrected chi connectivity index (χ4v) is 2.72. The SMILES string of the molecule is C=CCOC(=O)N(C)C(C(=O)OCCCCCCCCCC)C(C)C. The number of carbonyl (C=O) groups is 2. The molecule has 5 heteroatoms. The van der Waals surface area contributed by atoms with Crippen molar-refractivity contribution in [1.29, 1.82) is 0 Å². The van der Waals surface area contributed by atoms with Crippen LogP contribution in [0.5, 0.6) is 0 Å². The van der Waals surface area contributed by atoms with Gasteiger partial charge in [-0.05, 0) is 12.3 Å².